The van der Waals surface area contributed by atoms with Gasteiger partial charge in [0, 0.05) is 4.47 Å². The Morgan fingerprint density at radius 2 is 1.25 bits per heavy atom. The number of carboxylic acid groups (broad SMARTS) is 1. The average Bonchev–Trinajstić information content (AvgIpc) is 2.83. The molecule has 0 aliphatic heterocycles. The molecule has 8 nitrogen and oxygen atoms in total. The fourth-order valence-electron chi connectivity index (χ4n) is 2.90. The summed E-state index contributed by atoms with van der Waals surface area (Å²) in [4.78, 5) is 50.8. The Hall–Kier alpha value is -3.11. The van der Waals surface area contributed by atoms with Crippen molar-refractivity contribution in [3.63, 3.8) is 0 Å². The number of nitrogens with one attached hydrogen (secondary N) is 1. The third-order valence-electron chi connectivity index (χ3n) is 4.62. The van der Waals surface area contributed by atoms with Crippen LogP contribution in [0.2, 0.25) is 15.1 Å². The molecule has 0 radical (unpaired) electrons. The maximum absolute atomic E-state index is 13.2. The van der Waals surface area contributed by atoms with Gasteiger partial charge in [0.2, 0.25) is 12.2 Å². The fraction of sp³-hybridized carbons (Fsp3) is 0.0833. The molecule has 36 heavy (non-hydrogen) atoms. The van der Waals surface area contributed by atoms with Crippen LogP contribution in [0.15, 0.2) is 71.2 Å². The third-order valence-corrected chi connectivity index (χ3v) is 6.09. The van der Waals surface area contributed by atoms with Crippen LogP contribution in [0, 0.1) is 0 Å². The standard InChI is InChI=1S/C24H15BrCl3NO7/c25-12-9-10-18(17(28)11-12)29-21(30)19(35-23(33)13-5-1-3-7-15(13)26)20(22(31)32)36-24(34)14-6-2-4-8-16(14)27/h1-11,19-20H,(H,29,30)(H,31,32)/t19-,20-/m0/s1. The molecule has 0 saturated heterocycles. The van der Waals surface area contributed by atoms with Crippen LogP contribution in [0.5, 0.6) is 0 Å². The molecule has 12 heteroatoms. The number of esters is 2. The molecule has 0 heterocycles. The van der Waals surface area contributed by atoms with Crippen LogP contribution in [0.3, 0.4) is 0 Å². The van der Waals surface area contributed by atoms with E-state index in [0.29, 0.717) is 4.47 Å². The van der Waals surface area contributed by atoms with Gasteiger partial charge in [0.25, 0.3) is 5.91 Å². The van der Waals surface area contributed by atoms with Gasteiger partial charge in [-0.2, -0.15) is 0 Å². The highest BCUT2D eigenvalue weighted by Crippen LogP contribution is 2.27. The molecule has 0 unspecified atom stereocenters. The number of carboxylic acids is 1. The number of carbonyl (C=O) groups excluding carboxylic acids is 3. The maximum Gasteiger partial charge on any atom is 0.349 e. The maximum atomic E-state index is 13.2. The molecule has 3 rings (SSSR count). The molecule has 0 aliphatic carbocycles. The SMILES string of the molecule is O=C(O[C@H](C(=O)O)[C@H](OC(=O)c1ccccc1Cl)C(=O)Nc1ccc(Br)cc1Cl)c1ccccc1Cl. The van der Waals surface area contributed by atoms with Crippen molar-refractivity contribution in [2.24, 2.45) is 0 Å². The van der Waals surface area contributed by atoms with Gasteiger partial charge < -0.3 is 19.9 Å². The summed E-state index contributed by atoms with van der Waals surface area (Å²) in [7, 11) is 0. The lowest BCUT2D eigenvalue weighted by molar-refractivity contribution is -0.157. The Balaban J connectivity index is 1.96. The van der Waals surface area contributed by atoms with Gasteiger partial charge in [-0.05, 0) is 42.5 Å². The lowest BCUT2D eigenvalue weighted by Gasteiger charge is -2.24. The van der Waals surface area contributed by atoms with Gasteiger partial charge in [0.05, 0.1) is 31.9 Å². The number of amides is 1. The third kappa shape index (κ3) is 6.76. The Kier molecular flexibility index (Phi) is 9.33. The Morgan fingerprint density at radius 1 is 0.750 bits per heavy atom. The number of rotatable bonds is 8. The van der Waals surface area contributed by atoms with Crippen molar-refractivity contribution in [2.75, 3.05) is 5.32 Å². The molecule has 0 saturated carbocycles. The van der Waals surface area contributed by atoms with Crippen LogP contribution in [-0.4, -0.2) is 41.1 Å². The van der Waals surface area contributed by atoms with Crippen molar-refractivity contribution in [1.82, 2.24) is 0 Å². The minimum atomic E-state index is -2.26. The second kappa shape index (κ2) is 12.2. The van der Waals surface area contributed by atoms with Crippen molar-refractivity contribution in [3.8, 4) is 0 Å². The summed E-state index contributed by atoms with van der Waals surface area (Å²) in [6.07, 6.45) is -4.40. The predicted octanol–water partition coefficient (Wildman–Crippen LogP) is 5.88. The summed E-state index contributed by atoms with van der Waals surface area (Å²) in [5, 5.41) is 12.3. The summed E-state index contributed by atoms with van der Waals surface area (Å²) < 4.78 is 10.9. The van der Waals surface area contributed by atoms with Gasteiger partial charge in [-0.1, -0.05) is 75.0 Å². The first-order chi connectivity index (χ1) is 17.1. The molecule has 0 fully saturated rings. The Morgan fingerprint density at radius 3 is 1.72 bits per heavy atom. The number of anilines is 1. The molecule has 2 atom stereocenters. The highest BCUT2D eigenvalue weighted by atomic mass is 79.9. The molecule has 0 bridgehead atoms. The molecule has 3 aromatic rings. The second-order valence-electron chi connectivity index (χ2n) is 7.06. The second-order valence-corrected chi connectivity index (χ2v) is 9.20. The Labute approximate surface area is 228 Å². The van der Waals surface area contributed by atoms with Crippen LogP contribution >= 0.6 is 50.7 Å². The zero-order valence-electron chi connectivity index (χ0n) is 17.9. The Bertz CT molecular complexity index is 1330. The van der Waals surface area contributed by atoms with E-state index in [-0.39, 0.29) is 31.9 Å². The van der Waals surface area contributed by atoms with Crippen molar-refractivity contribution in [1.29, 1.82) is 0 Å². The number of ether oxygens (including phenoxy) is 2. The van der Waals surface area contributed by atoms with Gasteiger partial charge in [-0.3, -0.25) is 4.79 Å². The van der Waals surface area contributed by atoms with Crippen LogP contribution < -0.4 is 5.32 Å². The summed E-state index contributed by atoms with van der Waals surface area (Å²) in [5.74, 6) is -5.16. The van der Waals surface area contributed by atoms with Crippen LogP contribution in [0.1, 0.15) is 20.7 Å². The first-order valence-corrected chi connectivity index (χ1v) is 11.9. The summed E-state index contributed by atoms with van der Waals surface area (Å²) in [6, 6.07) is 16.0. The number of hydrogen-bond donors (Lipinski definition) is 2. The zero-order chi connectivity index (χ0) is 26.4. The van der Waals surface area contributed by atoms with E-state index in [0.717, 1.165) is 0 Å². The summed E-state index contributed by atoms with van der Waals surface area (Å²) in [5.41, 5.74) is -0.205. The molecule has 0 spiro atoms. The molecule has 186 valence electrons. The first kappa shape index (κ1) is 27.5. The van der Waals surface area contributed by atoms with Gasteiger partial charge in [0.15, 0.2) is 0 Å². The number of carbonyl (C=O) groups is 4. The number of aliphatic carboxylic acids is 1. The quantitative estimate of drug-likeness (QED) is 0.304. The van der Waals surface area contributed by atoms with E-state index < -0.39 is 36.0 Å². The largest absolute Gasteiger partial charge is 0.478 e. The van der Waals surface area contributed by atoms with E-state index in [1.807, 2.05) is 0 Å². The lowest BCUT2D eigenvalue weighted by Crippen LogP contribution is -2.48. The van der Waals surface area contributed by atoms with Gasteiger partial charge in [-0.15, -0.1) is 0 Å². The summed E-state index contributed by atoms with van der Waals surface area (Å²) in [6.45, 7) is 0. The first-order valence-electron chi connectivity index (χ1n) is 9.98. The number of benzene rings is 3. The van der Waals surface area contributed by atoms with E-state index in [1.54, 1.807) is 18.2 Å². The smallest absolute Gasteiger partial charge is 0.349 e. The average molecular weight is 616 g/mol. The molecule has 0 aliphatic rings. The van der Waals surface area contributed by atoms with Crippen molar-refractivity contribution < 1.29 is 33.8 Å². The lowest BCUT2D eigenvalue weighted by atomic mass is 10.1. The van der Waals surface area contributed by atoms with E-state index in [9.17, 15) is 24.3 Å². The normalized spacial score (nSPS) is 12.2. The minimum absolute atomic E-state index is 0.00227. The van der Waals surface area contributed by atoms with E-state index >= 15 is 0 Å². The monoisotopic (exact) mass is 613 g/mol. The van der Waals surface area contributed by atoms with E-state index in [1.165, 1.54) is 48.5 Å². The van der Waals surface area contributed by atoms with Crippen LogP contribution in [-0.2, 0) is 19.1 Å². The molecule has 1 amide bonds. The highest BCUT2D eigenvalue weighted by molar-refractivity contribution is 9.10. The van der Waals surface area contributed by atoms with Crippen LogP contribution in [0.4, 0.5) is 5.69 Å². The molecule has 3 aromatic carbocycles. The van der Waals surface area contributed by atoms with E-state index in [4.69, 9.17) is 44.3 Å². The highest BCUT2D eigenvalue weighted by Gasteiger charge is 2.41. The predicted molar refractivity (Wildman–Crippen MR) is 137 cm³/mol. The summed E-state index contributed by atoms with van der Waals surface area (Å²) >= 11 is 21.4. The molecule has 0 aromatic heterocycles. The van der Waals surface area contributed by atoms with Gasteiger partial charge >= 0.3 is 17.9 Å². The molecular weight excluding hydrogens is 601 g/mol. The van der Waals surface area contributed by atoms with Crippen LogP contribution in [0.25, 0.3) is 0 Å². The zero-order valence-corrected chi connectivity index (χ0v) is 21.8. The van der Waals surface area contributed by atoms with Crippen molar-refractivity contribution in [3.05, 3.63) is 97.4 Å². The number of hydrogen-bond acceptors (Lipinski definition) is 6. The van der Waals surface area contributed by atoms with Gasteiger partial charge in [0.1, 0.15) is 0 Å². The fourth-order valence-corrected chi connectivity index (χ4v) is 4.05. The van der Waals surface area contributed by atoms with Crippen molar-refractivity contribution in [2.45, 2.75) is 12.2 Å². The van der Waals surface area contributed by atoms with Gasteiger partial charge in [-0.25, -0.2) is 14.4 Å². The molecule has 2 N–H and O–H groups in total. The minimum Gasteiger partial charge on any atom is -0.478 e. The molecular formula is C24H15BrCl3NO7. The topological polar surface area (TPSA) is 119 Å². The van der Waals surface area contributed by atoms with Crippen molar-refractivity contribution >= 4 is 80.2 Å². The van der Waals surface area contributed by atoms with E-state index in [2.05, 4.69) is 21.2 Å². The number of halogens is 4.